The standard InChI is InChI=1S/C13H18N2S/c1-10-4-3-7-15(10)9-11-5-2-6-12(8-11)13(14)16/h2,5-6,8,10H,3-4,7,9H2,1H3,(H2,14,16). The van der Waals surface area contributed by atoms with Crippen LogP contribution in [0.3, 0.4) is 0 Å². The summed E-state index contributed by atoms with van der Waals surface area (Å²) in [6.07, 6.45) is 2.63. The number of hydrogen-bond acceptors (Lipinski definition) is 2. The molecule has 0 radical (unpaired) electrons. The van der Waals surface area contributed by atoms with Gasteiger partial charge in [-0.05, 0) is 37.9 Å². The summed E-state index contributed by atoms with van der Waals surface area (Å²) in [7, 11) is 0. The van der Waals surface area contributed by atoms with Crippen molar-refractivity contribution in [3.8, 4) is 0 Å². The van der Waals surface area contributed by atoms with Gasteiger partial charge in [-0.25, -0.2) is 0 Å². The average Bonchev–Trinajstić information content (AvgIpc) is 2.65. The highest BCUT2D eigenvalue weighted by atomic mass is 32.1. The van der Waals surface area contributed by atoms with Crippen molar-refractivity contribution in [2.24, 2.45) is 5.73 Å². The second-order valence-electron chi connectivity index (χ2n) is 4.53. The van der Waals surface area contributed by atoms with Crippen LogP contribution in [0.5, 0.6) is 0 Å². The zero-order valence-electron chi connectivity index (χ0n) is 9.65. The third-order valence-corrected chi connectivity index (χ3v) is 3.52. The Hall–Kier alpha value is -0.930. The summed E-state index contributed by atoms with van der Waals surface area (Å²) in [5.41, 5.74) is 7.91. The molecule has 0 spiro atoms. The Morgan fingerprint density at radius 3 is 3.00 bits per heavy atom. The molecule has 16 heavy (non-hydrogen) atoms. The molecule has 1 unspecified atom stereocenters. The van der Waals surface area contributed by atoms with Crippen molar-refractivity contribution in [1.82, 2.24) is 4.90 Å². The summed E-state index contributed by atoms with van der Waals surface area (Å²) >= 11 is 4.99. The smallest absolute Gasteiger partial charge is 0.103 e. The van der Waals surface area contributed by atoms with Crippen LogP contribution < -0.4 is 5.73 Å². The van der Waals surface area contributed by atoms with Crippen LogP contribution in [0.2, 0.25) is 0 Å². The minimum atomic E-state index is 0.483. The van der Waals surface area contributed by atoms with E-state index >= 15 is 0 Å². The lowest BCUT2D eigenvalue weighted by atomic mass is 10.1. The zero-order valence-corrected chi connectivity index (χ0v) is 10.5. The molecule has 0 aliphatic carbocycles. The third kappa shape index (κ3) is 2.60. The fraction of sp³-hybridized carbons (Fsp3) is 0.462. The maximum atomic E-state index is 5.64. The molecule has 1 aromatic rings. The first kappa shape index (κ1) is 11.6. The van der Waals surface area contributed by atoms with Crippen molar-refractivity contribution in [3.05, 3.63) is 35.4 Å². The molecule has 1 fully saturated rings. The lowest BCUT2D eigenvalue weighted by Crippen LogP contribution is -2.26. The Labute approximate surface area is 102 Å². The first-order valence-electron chi connectivity index (χ1n) is 5.79. The van der Waals surface area contributed by atoms with Gasteiger partial charge in [0.15, 0.2) is 0 Å². The molecule has 3 heteroatoms. The van der Waals surface area contributed by atoms with E-state index < -0.39 is 0 Å². The predicted molar refractivity (Wildman–Crippen MR) is 71.4 cm³/mol. The van der Waals surface area contributed by atoms with E-state index in [2.05, 4.69) is 24.0 Å². The monoisotopic (exact) mass is 234 g/mol. The summed E-state index contributed by atoms with van der Waals surface area (Å²) < 4.78 is 0. The number of likely N-dealkylation sites (tertiary alicyclic amines) is 1. The molecule has 1 aliphatic rings. The molecule has 0 saturated carbocycles. The highest BCUT2D eigenvalue weighted by Gasteiger charge is 2.19. The van der Waals surface area contributed by atoms with Crippen LogP contribution in [-0.4, -0.2) is 22.5 Å². The first-order valence-corrected chi connectivity index (χ1v) is 6.20. The Balaban J connectivity index is 2.09. The van der Waals surface area contributed by atoms with Crippen LogP contribution in [0.4, 0.5) is 0 Å². The quantitative estimate of drug-likeness (QED) is 0.814. The molecule has 0 aromatic heterocycles. The summed E-state index contributed by atoms with van der Waals surface area (Å²) in [5.74, 6) is 0. The third-order valence-electron chi connectivity index (χ3n) is 3.29. The molecule has 0 bridgehead atoms. The van der Waals surface area contributed by atoms with Gasteiger partial charge in [0.1, 0.15) is 4.99 Å². The Morgan fingerprint density at radius 2 is 2.38 bits per heavy atom. The number of hydrogen-bond donors (Lipinski definition) is 1. The minimum absolute atomic E-state index is 0.483. The van der Waals surface area contributed by atoms with Gasteiger partial charge in [-0.15, -0.1) is 0 Å². The number of rotatable bonds is 3. The van der Waals surface area contributed by atoms with E-state index in [0.29, 0.717) is 11.0 Å². The predicted octanol–water partition coefficient (Wildman–Crippen LogP) is 2.31. The lowest BCUT2D eigenvalue weighted by molar-refractivity contribution is 0.260. The van der Waals surface area contributed by atoms with Gasteiger partial charge in [0.25, 0.3) is 0 Å². The van der Waals surface area contributed by atoms with Gasteiger partial charge in [0, 0.05) is 18.2 Å². The van der Waals surface area contributed by atoms with Crippen LogP contribution in [0.25, 0.3) is 0 Å². The maximum absolute atomic E-state index is 5.64. The second-order valence-corrected chi connectivity index (χ2v) is 4.97. The average molecular weight is 234 g/mol. The molecule has 1 saturated heterocycles. The molecular formula is C13H18N2S. The topological polar surface area (TPSA) is 29.3 Å². The Kier molecular flexibility index (Phi) is 3.56. The Morgan fingerprint density at radius 1 is 1.56 bits per heavy atom. The van der Waals surface area contributed by atoms with Crippen molar-refractivity contribution in [1.29, 1.82) is 0 Å². The summed E-state index contributed by atoms with van der Waals surface area (Å²) in [6.45, 7) is 4.51. The fourth-order valence-electron chi connectivity index (χ4n) is 2.29. The molecule has 1 aromatic carbocycles. The molecule has 2 N–H and O–H groups in total. The van der Waals surface area contributed by atoms with E-state index in [0.717, 1.165) is 12.1 Å². The van der Waals surface area contributed by atoms with Crippen molar-refractivity contribution in [2.45, 2.75) is 32.4 Å². The minimum Gasteiger partial charge on any atom is -0.389 e. The van der Waals surface area contributed by atoms with Gasteiger partial charge in [-0.2, -0.15) is 0 Å². The molecule has 0 amide bonds. The molecule has 1 aliphatic heterocycles. The van der Waals surface area contributed by atoms with Crippen LogP contribution in [0, 0.1) is 0 Å². The van der Waals surface area contributed by atoms with Gasteiger partial charge >= 0.3 is 0 Å². The second kappa shape index (κ2) is 4.93. The van der Waals surface area contributed by atoms with Gasteiger partial charge in [-0.3, -0.25) is 4.90 Å². The largest absolute Gasteiger partial charge is 0.389 e. The van der Waals surface area contributed by atoms with E-state index in [4.69, 9.17) is 18.0 Å². The van der Waals surface area contributed by atoms with E-state index in [1.54, 1.807) is 0 Å². The van der Waals surface area contributed by atoms with Gasteiger partial charge in [0.05, 0.1) is 0 Å². The summed E-state index contributed by atoms with van der Waals surface area (Å²) in [4.78, 5) is 3.00. The molecule has 2 nitrogen and oxygen atoms in total. The number of thiocarbonyl (C=S) groups is 1. The van der Waals surface area contributed by atoms with Gasteiger partial charge in [0.2, 0.25) is 0 Å². The highest BCUT2D eigenvalue weighted by molar-refractivity contribution is 7.80. The molecule has 2 rings (SSSR count). The number of nitrogens with zero attached hydrogens (tertiary/aromatic N) is 1. The molecule has 86 valence electrons. The van der Waals surface area contributed by atoms with Gasteiger partial charge in [-0.1, -0.05) is 30.4 Å². The first-order chi connectivity index (χ1) is 7.66. The van der Waals surface area contributed by atoms with Gasteiger partial charge < -0.3 is 5.73 Å². The molecule has 1 atom stereocenters. The van der Waals surface area contributed by atoms with Crippen molar-refractivity contribution < 1.29 is 0 Å². The molecular weight excluding hydrogens is 216 g/mol. The maximum Gasteiger partial charge on any atom is 0.103 e. The SMILES string of the molecule is CC1CCCN1Cc1cccc(C(N)=S)c1. The summed E-state index contributed by atoms with van der Waals surface area (Å²) in [6, 6.07) is 8.96. The van der Waals surface area contributed by atoms with Crippen molar-refractivity contribution in [3.63, 3.8) is 0 Å². The van der Waals surface area contributed by atoms with Crippen LogP contribution in [-0.2, 0) is 6.54 Å². The fourth-order valence-corrected chi connectivity index (χ4v) is 2.41. The number of benzene rings is 1. The van der Waals surface area contributed by atoms with E-state index in [1.165, 1.54) is 24.9 Å². The summed E-state index contributed by atoms with van der Waals surface area (Å²) in [5, 5.41) is 0. The van der Waals surface area contributed by atoms with E-state index in [1.807, 2.05) is 12.1 Å². The zero-order chi connectivity index (χ0) is 11.5. The van der Waals surface area contributed by atoms with E-state index in [9.17, 15) is 0 Å². The normalized spacial score (nSPS) is 21.2. The van der Waals surface area contributed by atoms with Crippen molar-refractivity contribution in [2.75, 3.05) is 6.54 Å². The van der Waals surface area contributed by atoms with Crippen LogP contribution in [0.15, 0.2) is 24.3 Å². The van der Waals surface area contributed by atoms with E-state index in [-0.39, 0.29) is 0 Å². The van der Waals surface area contributed by atoms with Crippen molar-refractivity contribution >= 4 is 17.2 Å². The lowest BCUT2D eigenvalue weighted by Gasteiger charge is -2.21. The Bertz CT molecular complexity index is 389. The van der Waals surface area contributed by atoms with Crippen LogP contribution >= 0.6 is 12.2 Å². The number of nitrogens with two attached hydrogens (primary N) is 1. The molecule has 1 heterocycles. The van der Waals surface area contributed by atoms with Crippen LogP contribution in [0.1, 0.15) is 30.9 Å². The highest BCUT2D eigenvalue weighted by Crippen LogP contribution is 2.19.